The van der Waals surface area contributed by atoms with Gasteiger partial charge in [0.05, 0.1) is 11.0 Å². The SMILES string of the molecule is C[C@@H](Oc1ccc(Cl)c([N+](=O)[O-])c1)c1ccccc1. The number of benzene rings is 2. The van der Waals surface area contributed by atoms with Crippen molar-refractivity contribution in [2.75, 3.05) is 0 Å². The Balaban J connectivity index is 2.20. The van der Waals surface area contributed by atoms with Crippen molar-refractivity contribution in [1.82, 2.24) is 0 Å². The van der Waals surface area contributed by atoms with Gasteiger partial charge >= 0.3 is 0 Å². The van der Waals surface area contributed by atoms with Crippen LogP contribution in [0.25, 0.3) is 0 Å². The van der Waals surface area contributed by atoms with Crippen molar-refractivity contribution < 1.29 is 9.66 Å². The molecule has 0 aliphatic rings. The molecule has 2 aromatic carbocycles. The van der Waals surface area contributed by atoms with Crippen LogP contribution in [0.5, 0.6) is 5.75 Å². The lowest BCUT2D eigenvalue weighted by Gasteiger charge is -2.14. The van der Waals surface area contributed by atoms with Crippen LogP contribution >= 0.6 is 11.6 Å². The van der Waals surface area contributed by atoms with Gasteiger partial charge in [0.2, 0.25) is 0 Å². The van der Waals surface area contributed by atoms with Crippen LogP contribution in [0.2, 0.25) is 5.02 Å². The predicted molar refractivity (Wildman–Crippen MR) is 73.6 cm³/mol. The summed E-state index contributed by atoms with van der Waals surface area (Å²) in [4.78, 5) is 10.3. The number of nitro benzene ring substituents is 1. The van der Waals surface area contributed by atoms with Crippen LogP contribution in [0.3, 0.4) is 0 Å². The summed E-state index contributed by atoms with van der Waals surface area (Å²) >= 11 is 5.75. The van der Waals surface area contributed by atoms with E-state index < -0.39 is 4.92 Å². The quantitative estimate of drug-likeness (QED) is 0.615. The molecule has 0 fully saturated rings. The lowest BCUT2D eigenvalue weighted by atomic mass is 10.1. The second-order valence-corrected chi connectivity index (χ2v) is 4.45. The summed E-state index contributed by atoms with van der Waals surface area (Å²) in [5, 5.41) is 10.9. The van der Waals surface area contributed by atoms with E-state index in [1.807, 2.05) is 37.3 Å². The number of ether oxygens (including phenoxy) is 1. The van der Waals surface area contributed by atoms with Gasteiger partial charge in [-0.1, -0.05) is 41.9 Å². The van der Waals surface area contributed by atoms with Crippen LogP contribution in [0.1, 0.15) is 18.6 Å². The minimum atomic E-state index is -0.525. The zero-order valence-electron chi connectivity index (χ0n) is 10.2. The molecule has 0 heterocycles. The highest BCUT2D eigenvalue weighted by Crippen LogP contribution is 2.30. The molecule has 0 N–H and O–H groups in total. The zero-order valence-corrected chi connectivity index (χ0v) is 11.0. The van der Waals surface area contributed by atoms with Crippen LogP contribution < -0.4 is 4.74 Å². The average molecular weight is 278 g/mol. The topological polar surface area (TPSA) is 52.4 Å². The highest BCUT2D eigenvalue weighted by molar-refractivity contribution is 6.32. The van der Waals surface area contributed by atoms with E-state index in [0.29, 0.717) is 5.75 Å². The highest BCUT2D eigenvalue weighted by Gasteiger charge is 2.15. The van der Waals surface area contributed by atoms with E-state index in [2.05, 4.69) is 0 Å². The van der Waals surface area contributed by atoms with E-state index in [4.69, 9.17) is 16.3 Å². The van der Waals surface area contributed by atoms with Crippen molar-refractivity contribution in [3.05, 3.63) is 69.2 Å². The number of hydrogen-bond donors (Lipinski definition) is 0. The van der Waals surface area contributed by atoms with E-state index in [9.17, 15) is 10.1 Å². The number of rotatable bonds is 4. The molecule has 0 aromatic heterocycles. The molecule has 0 spiro atoms. The van der Waals surface area contributed by atoms with Gasteiger partial charge in [-0.2, -0.15) is 0 Å². The molecule has 1 atom stereocenters. The first-order valence-corrected chi connectivity index (χ1v) is 6.11. The van der Waals surface area contributed by atoms with Crippen LogP contribution in [-0.2, 0) is 0 Å². The molecule has 4 nitrogen and oxygen atoms in total. The first kappa shape index (κ1) is 13.4. The Morgan fingerprint density at radius 1 is 1.21 bits per heavy atom. The summed E-state index contributed by atoms with van der Waals surface area (Å²) in [7, 11) is 0. The van der Waals surface area contributed by atoms with E-state index in [1.165, 1.54) is 12.1 Å². The maximum atomic E-state index is 10.8. The van der Waals surface area contributed by atoms with Gasteiger partial charge in [0, 0.05) is 0 Å². The van der Waals surface area contributed by atoms with Crippen LogP contribution in [0, 0.1) is 10.1 Å². The Hall–Kier alpha value is -2.07. The number of nitrogens with zero attached hydrogens (tertiary/aromatic N) is 1. The minimum Gasteiger partial charge on any atom is -0.486 e. The zero-order chi connectivity index (χ0) is 13.8. The van der Waals surface area contributed by atoms with Gasteiger partial charge in [-0.05, 0) is 24.6 Å². The van der Waals surface area contributed by atoms with E-state index >= 15 is 0 Å². The molecule has 0 aliphatic heterocycles. The second-order valence-electron chi connectivity index (χ2n) is 4.04. The predicted octanol–water partition coefficient (Wildman–Crippen LogP) is 4.39. The molecule has 0 radical (unpaired) electrons. The fraction of sp³-hybridized carbons (Fsp3) is 0.143. The standard InChI is InChI=1S/C14H12ClNO3/c1-10(11-5-3-2-4-6-11)19-12-7-8-13(15)14(9-12)16(17)18/h2-10H,1H3/t10-/m1/s1. The summed E-state index contributed by atoms with van der Waals surface area (Å²) in [6, 6.07) is 14.1. The van der Waals surface area contributed by atoms with Crippen molar-refractivity contribution in [3.8, 4) is 5.75 Å². The van der Waals surface area contributed by atoms with Crippen LogP contribution in [0.15, 0.2) is 48.5 Å². The minimum absolute atomic E-state index is 0.102. The molecule has 2 rings (SSSR count). The molecule has 19 heavy (non-hydrogen) atoms. The van der Waals surface area contributed by atoms with Gasteiger partial charge in [-0.3, -0.25) is 10.1 Å². The smallest absolute Gasteiger partial charge is 0.291 e. The molecule has 2 aromatic rings. The normalized spacial score (nSPS) is 11.9. The van der Waals surface area contributed by atoms with Gasteiger partial charge in [0.1, 0.15) is 16.9 Å². The summed E-state index contributed by atoms with van der Waals surface area (Å²) in [6.07, 6.45) is -0.193. The Labute approximate surface area is 115 Å². The Morgan fingerprint density at radius 2 is 1.89 bits per heavy atom. The highest BCUT2D eigenvalue weighted by atomic mass is 35.5. The van der Waals surface area contributed by atoms with E-state index in [0.717, 1.165) is 5.56 Å². The molecule has 0 saturated carbocycles. The molecule has 0 amide bonds. The maximum absolute atomic E-state index is 10.8. The van der Waals surface area contributed by atoms with Crippen molar-refractivity contribution in [2.24, 2.45) is 0 Å². The second kappa shape index (κ2) is 5.71. The number of halogens is 1. The third-order valence-corrected chi connectivity index (χ3v) is 3.02. The van der Waals surface area contributed by atoms with Crippen molar-refractivity contribution in [1.29, 1.82) is 0 Å². The van der Waals surface area contributed by atoms with Gasteiger partial charge < -0.3 is 4.74 Å². The lowest BCUT2D eigenvalue weighted by molar-refractivity contribution is -0.384. The Morgan fingerprint density at radius 3 is 2.53 bits per heavy atom. The Kier molecular flexibility index (Phi) is 4.02. The third-order valence-electron chi connectivity index (χ3n) is 2.70. The van der Waals surface area contributed by atoms with Crippen molar-refractivity contribution in [2.45, 2.75) is 13.0 Å². The van der Waals surface area contributed by atoms with Gasteiger partial charge in [-0.25, -0.2) is 0 Å². The number of nitro groups is 1. The summed E-state index contributed by atoms with van der Waals surface area (Å²) in [5.41, 5.74) is 0.847. The summed E-state index contributed by atoms with van der Waals surface area (Å²) < 4.78 is 5.68. The van der Waals surface area contributed by atoms with E-state index in [1.54, 1.807) is 6.07 Å². The summed E-state index contributed by atoms with van der Waals surface area (Å²) in [6.45, 7) is 1.88. The molecular weight excluding hydrogens is 266 g/mol. The fourth-order valence-electron chi connectivity index (χ4n) is 1.70. The first-order valence-electron chi connectivity index (χ1n) is 5.73. The van der Waals surface area contributed by atoms with Crippen molar-refractivity contribution >= 4 is 17.3 Å². The van der Waals surface area contributed by atoms with Crippen molar-refractivity contribution in [3.63, 3.8) is 0 Å². The van der Waals surface area contributed by atoms with Gasteiger partial charge in [0.15, 0.2) is 0 Å². The Bertz CT molecular complexity index is 586. The number of hydrogen-bond acceptors (Lipinski definition) is 3. The fourth-order valence-corrected chi connectivity index (χ4v) is 1.89. The molecule has 98 valence electrons. The average Bonchev–Trinajstić information content (AvgIpc) is 2.41. The van der Waals surface area contributed by atoms with E-state index in [-0.39, 0.29) is 16.8 Å². The largest absolute Gasteiger partial charge is 0.486 e. The molecule has 5 heteroatoms. The maximum Gasteiger partial charge on any atom is 0.291 e. The first-order chi connectivity index (χ1) is 9.08. The van der Waals surface area contributed by atoms with Crippen LogP contribution in [0.4, 0.5) is 5.69 Å². The molecule has 0 unspecified atom stereocenters. The third kappa shape index (κ3) is 3.23. The summed E-state index contributed by atoms with van der Waals surface area (Å²) in [5.74, 6) is 0.424. The molecule has 0 bridgehead atoms. The molecule has 0 aliphatic carbocycles. The van der Waals surface area contributed by atoms with Crippen LogP contribution in [-0.4, -0.2) is 4.92 Å². The van der Waals surface area contributed by atoms with Gasteiger partial charge in [0.25, 0.3) is 5.69 Å². The molecular formula is C14H12ClNO3. The van der Waals surface area contributed by atoms with Gasteiger partial charge in [-0.15, -0.1) is 0 Å². The molecule has 0 saturated heterocycles. The monoisotopic (exact) mass is 277 g/mol. The lowest BCUT2D eigenvalue weighted by Crippen LogP contribution is -2.03.